The second-order valence-electron chi connectivity index (χ2n) is 17.7. The summed E-state index contributed by atoms with van der Waals surface area (Å²) in [6.07, 6.45) is 0. The molecule has 7 aliphatic rings. The smallest absolute Gasteiger partial charge is 0.0685 e. The highest BCUT2D eigenvalue weighted by Gasteiger charge is 2.61. The molecule has 264 valence electrons. The Morgan fingerprint density at radius 3 is 0.296 bits per heavy atom. The third-order valence-electron chi connectivity index (χ3n) is 16.1. The van der Waals surface area contributed by atoms with Gasteiger partial charge >= 0.3 is 0 Å². The highest BCUT2D eigenvalue weighted by atomic mass is 14.6. The maximum Gasteiger partial charge on any atom is 0.0996 e. The van der Waals surface area contributed by atoms with Crippen molar-refractivity contribution in [1.82, 2.24) is 0 Å². The number of hydrogen-bond donors (Lipinski definition) is 0. The first-order chi connectivity index (χ1) is 25.6. The fraction of sp³-hybridized carbons (Fsp3) is 0.556. The Morgan fingerprint density at radius 2 is 0.241 bits per heavy atom. The van der Waals surface area contributed by atoms with Crippen molar-refractivity contribution in [3.8, 4) is 142 Å². The van der Waals surface area contributed by atoms with Gasteiger partial charge in [-0.15, -0.1) is 0 Å². The molecule has 54 heavy (non-hydrogen) atoms. The maximum absolute atomic E-state index is 3.43. The van der Waals surface area contributed by atoms with Gasteiger partial charge in [-0.2, -0.15) is 0 Å². The van der Waals surface area contributed by atoms with Gasteiger partial charge in [-0.05, 0) is 142 Å². The zero-order valence-electron chi connectivity index (χ0n) is 33.9. The van der Waals surface area contributed by atoms with Crippen LogP contribution in [0.3, 0.4) is 0 Å². The molecule has 0 aromatic rings. The van der Waals surface area contributed by atoms with Gasteiger partial charge in [-0.1, -0.05) is 154 Å². The predicted molar refractivity (Wildman–Crippen MR) is 218 cm³/mol. The van der Waals surface area contributed by atoms with Crippen LogP contribution < -0.4 is 0 Å². The number of hydrogen-bond acceptors (Lipinski definition) is 0. The average Bonchev–Trinajstić information content (AvgIpc) is 4.16. The third kappa shape index (κ3) is 5.54. The van der Waals surface area contributed by atoms with Crippen LogP contribution in [-0.2, 0) is 0 Å². The molecule has 12 atom stereocenters. The second-order valence-corrected chi connectivity index (χ2v) is 17.7. The Morgan fingerprint density at radius 1 is 0.167 bits per heavy atom. The zero-order chi connectivity index (χ0) is 38.9. The molecule has 6 spiro atoms. The highest BCUT2D eigenvalue weighted by Crippen LogP contribution is 2.61. The molecule has 0 heteroatoms. The van der Waals surface area contributed by atoms with E-state index in [-0.39, 0.29) is 0 Å². The molecule has 0 nitrogen and oxygen atoms in total. The fourth-order valence-electron chi connectivity index (χ4n) is 9.19. The fourth-order valence-corrected chi connectivity index (χ4v) is 9.19. The van der Waals surface area contributed by atoms with E-state index in [2.05, 4.69) is 225 Å². The van der Waals surface area contributed by atoms with E-state index >= 15 is 0 Å². The normalized spacial score (nSPS) is 49.6. The molecule has 0 heterocycles. The van der Waals surface area contributed by atoms with Crippen molar-refractivity contribution < 1.29 is 0 Å². The van der Waals surface area contributed by atoms with Crippen LogP contribution >= 0.6 is 0 Å². The minimum atomic E-state index is -0.398. The van der Waals surface area contributed by atoms with Gasteiger partial charge in [-0.25, -0.2) is 0 Å². The lowest BCUT2D eigenvalue weighted by atomic mass is 10.0. The van der Waals surface area contributed by atoms with Gasteiger partial charge in [0, 0.05) is 0 Å². The van der Waals surface area contributed by atoms with Crippen LogP contribution in [0.1, 0.15) is 83.1 Å². The lowest BCUT2D eigenvalue weighted by Crippen LogP contribution is -1.99. The van der Waals surface area contributed by atoms with E-state index in [1.165, 1.54) is 0 Å². The summed E-state index contributed by atoms with van der Waals surface area (Å²) < 4.78 is 0. The molecule has 0 N–H and O–H groups in total. The Hall–Kier alpha value is -5.28. The van der Waals surface area contributed by atoms with Gasteiger partial charge in [0.05, 0.1) is 32.5 Å². The molecule has 0 aromatic heterocycles. The van der Waals surface area contributed by atoms with Crippen LogP contribution in [0.25, 0.3) is 0 Å². The molecular weight excluding hydrogens is 649 g/mol. The summed E-state index contributed by atoms with van der Waals surface area (Å²) in [5.74, 6) is 83.4. The molecule has 0 aromatic carbocycles. The molecule has 0 radical (unpaired) electrons. The van der Waals surface area contributed by atoms with Crippen LogP contribution in [0.5, 0.6) is 0 Å². The minimum Gasteiger partial charge on any atom is -0.0685 e. The monoisotopic (exact) mass is 696 g/mol. The van der Waals surface area contributed by atoms with Crippen LogP contribution in [0.2, 0.25) is 0 Å². The van der Waals surface area contributed by atoms with E-state index in [0.29, 0.717) is 71.0 Å². The summed E-state index contributed by atoms with van der Waals surface area (Å²) in [6.45, 7) is 26.4. The molecule has 12 unspecified atom stereocenters. The van der Waals surface area contributed by atoms with Crippen molar-refractivity contribution in [1.29, 1.82) is 0 Å². The Balaban J connectivity index is 1.27. The van der Waals surface area contributed by atoms with E-state index in [9.17, 15) is 0 Å². The summed E-state index contributed by atoms with van der Waals surface area (Å²) in [4.78, 5) is 0. The lowest BCUT2D eigenvalue weighted by molar-refractivity contribution is 0.786. The molecule has 6 fully saturated rings. The van der Waals surface area contributed by atoms with Gasteiger partial charge in [0.1, 0.15) is 0 Å². The van der Waals surface area contributed by atoms with Crippen molar-refractivity contribution in [2.45, 2.75) is 83.1 Å². The van der Waals surface area contributed by atoms with Crippen molar-refractivity contribution in [3.63, 3.8) is 0 Å². The summed E-state index contributed by atoms with van der Waals surface area (Å²) in [7, 11) is 0. The summed E-state index contributed by atoms with van der Waals surface area (Å²) in [5.41, 5.74) is -2.39. The molecular formula is C54H48. The second kappa shape index (κ2) is 12.7. The first kappa shape index (κ1) is 37.1. The standard InChI is InChI=1S/C54H48/c1-37-38(2)49(37)25-13-15-27-50(39(3)40(50)4)29-17-19-31-52(43(7)44(52)8)33-21-23-35-54(47(11)48(54)12)36-24-22-34-53(45(9)46(53)10)32-20-18-30-51(28-16-14-26-49)41(5)42(51)6/h37-48H,1-12H3. The molecule has 0 amide bonds. The molecule has 0 saturated heterocycles. The van der Waals surface area contributed by atoms with Crippen LogP contribution in [-0.4, -0.2) is 0 Å². The van der Waals surface area contributed by atoms with E-state index in [4.69, 9.17) is 0 Å². The summed E-state index contributed by atoms with van der Waals surface area (Å²) in [5, 5.41) is 0. The third-order valence-corrected chi connectivity index (χ3v) is 16.1. The van der Waals surface area contributed by atoms with Gasteiger partial charge < -0.3 is 0 Å². The Labute approximate surface area is 327 Å². The van der Waals surface area contributed by atoms with Crippen molar-refractivity contribution >= 4 is 0 Å². The van der Waals surface area contributed by atoms with Gasteiger partial charge in [0.25, 0.3) is 0 Å². The number of rotatable bonds is 0. The van der Waals surface area contributed by atoms with E-state index in [1.54, 1.807) is 0 Å². The molecule has 7 rings (SSSR count). The predicted octanol–water partition coefficient (Wildman–Crippen LogP) is 7.67. The lowest BCUT2D eigenvalue weighted by Gasteiger charge is -1.98. The van der Waals surface area contributed by atoms with Crippen molar-refractivity contribution in [3.05, 3.63) is 0 Å². The largest absolute Gasteiger partial charge is 0.0996 e. The highest BCUT2D eigenvalue weighted by molar-refractivity contribution is 5.53. The Bertz CT molecular complexity index is 1870. The van der Waals surface area contributed by atoms with Crippen molar-refractivity contribution in [2.24, 2.45) is 104 Å². The first-order valence-electron chi connectivity index (χ1n) is 19.9. The van der Waals surface area contributed by atoms with E-state index < -0.39 is 32.5 Å². The van der Waals surface area contributed by atoms with E-state index in [0.717, 1.165) is 0 Å². The summed E-state index contributed by atoms with van der Waals surface area (Å²) >= 11 is 0. The maximum atomic E-state index is 3.43. The SMILES string of the molecule is CC1C(C)C12C#CC#CC1(C#CC#CC3(C#CC#CC4(C#CC#CC5(C#CC#CC6(C#CC#C2)C(C)C6C)C(C)C5C)C(C)C4C)C(C)C3C)C(C)C1C. The van der Waals surface area contributed by atoms with Crippen LogP contribution in [0.4, 0.5) is 0 Å². The zero-order valence-corrected chi connectivity index (χ0v) is 33.9. The Kier molecular flexibility index (Phi) is 8.68. The van der Waals surface area contributed by atoms with E-state index in [1.807, 2.05) is 0 Å². The van der Waals surface area contributed by atoms with Gasteiger partial charge in [0.2, 0.25) is 0 Å². The molecule has 6 saturated carbocycles. The quantitative estimate of drug-likeness (QED) is 0.228. The van der Waals surface area contributed by atoms with Crippen molar-refractivity contribution in [2.75, 3.05) is 0 Å². The van der Waals surface area contributed by atoms with Gasteiger partial charge in [0.15, 0.2) is 0 Å². The first-order valence-corrected chi connectivity index (χ1v) is 19.9. The molecule has 0 bridgehead atoms. The van der Waals surface area contributed by atoms with Crippen LogP contribution in [0.15, 0.2) is 0 Å². The average molecular weight is 697 g/mol. The molecule has 7 aliphatic carbocycles. The summed E-state index contributed by atoms with van der Waals surface area (Å²) in [6, 6.07) is 0. The van der Waals surface area contributed by atoms with Gasteiger partial charge in [-0.3, -0.25) is 0 Å². The topological polar surface area (TPSA) is 0 Å². The van der Waals surface area contributed by atoms with Crippen LogP contribution in [0, 0.1) is 246 Å². The minimum absolute atomic E-state index is 0.352. The molecule has 0 aliphatic heterocycles.